The maximum absolute atomic E-state index is 10.2. The number of rotatable bonds is 3. The van der Waals surface area contributed by atoms with Crippen LogP contribution in [0.1, 0.15) is 5.56 Å². The monoisotopic (exact) mass is 297 g/mol. The molecule has 1 rings (SSSR count). The molecule has 0 aliphatic carbocycles. The standard InChI is InChI=1S/C7H6IO3P/c8-7-3-1-6(2-4-7)5-11-12(9)10/h1-4H,5H2/p+1. The average molecular weight is 297 g/mol. The highest BCUT2D eigenvalue weighted by molar-refractivity contribution is 14.1. The molecule has 0 saturated carbocycles. The minimum absolute atomic E-state index is 0.183. The Kier molecular flexibility index (Phi) is 4.08. The van der Waals surface area contributed by atoms with Crippen molar-refractivity contribution in [3.8, 4) is 0 Å². The number of halogens is 1. The lowest BCUT2D eigenvalue weighted by atomic mass is 10.2. The molecule has 0 aliphatic heterocycles. The highest BCUT2D eigenvalue weighted by atomic mass is 127. The van der Waals surface area contributed by atoms with E-state index in [1.54, 1.807) is 0 Å². The van der Waals surface area contributed by atoms with Crippen LogP contribution in [0.15, 0.2) is 24.3 Å². The molecule has 0 bridgehead atoms. The molecule has 0 saturated heterocycles. The number of hydrogen-bond donors (Lipinski definition) is 1. The summed E-state index contributed by atoms with van der Waals surface area (Å²) < 4.78 is 15.8. The third-order valence-electron chi connectivity index (χ3n) is 1.25. The zero-order chi connectivity index (χ0) is 8.97. The largest absolute Gasteiger partial charge is 0.695 e. The fraction of sp³-hybridized carbons (Fsp3) is 0.143. The van der Waals surface area contributed by atoms with Crippen molar-refractivity contribution < 1.29 is 14.0 Å². The molecule has 1 aromatic carbocycles. The quantitative estimate of drug-likeness (QED) is 0.688. The number of benzene rings is 1. The first-order valence-corrected chi connectivity index (χ1v) is 5.43. The molecule has 0 fully saturated rings. The molecule has 0 amide bonds. The van der Waals surface area contributed by atoms with Crippen LogP contribution >= 0.6 is 30.8 Å². The molecule has 0 radical (unpaired) electrons. The summed E-state index contributed by atoms with van der Waals surface area (Å²) in [5.74, 6) is 0. The fourth-order valence-electron chi connectivity index (χ4n) is 0.710. The first-order chi connectivity index (χ1) is 5.68. The minimum atomic E-state index is -2.48. The van der Waals surface area contributed by atoms with Gasteiger partial charge in [-0.3, -0.25) is 0 Å². The van der Waals surface area contributed by atoms with E-state index in [0.29, 0.717) is 0 Å². The van der Waals surface area contributed by atoms with E-state index < -0.39 is 8.25 Å². The molecular formula is C7H7IO3P+. The molecule has 5 heteroatoms. The highest BCUT2D eigenvalue weighted by Crippen LogP contribution is 2.18. The highest BCUT2D eigenvalue weighted by Gasteiger charge is 2.11. The van der Waals surface area contributed by atoms with Gasteiger partial charge in [0.1, 0.15) is 6.61 Å². The smallest absolute Gasteiger partial charge is 0.133 e. The molecule has 1 atom stereocenters. The van der Waals surface area contributed by atoms with Gasteiger partial charge in [-0.25, -0.2) is 0 Å². The van der Waals surface area contributed by atoms with Crippen molar-refractivity contribution in [3.63, 3.8) is 0 Å². The van der Waals surface area contributed by atoms with Crippen molar-refractivity contribution >= 4 is 30.8 Å². The molecule has 1 aromatic rings. The summed E-state index contributed by atoms with van der Waals surface area (Å²) in [5.41, 5.74) is 0.896. The van der Waals surface area contributed by atoms with Gasteiger partial charge in [0, 0.05) is 8.14 Å². The van der Waals surface area contributed by atoms with Crippen LogP contribution in [0.3, 0.4) is 0 Å². The van der Waals surface area contributed by atoms with Gasteiger partial charge in [-0.2, -0.15) is 0 Å². The van der Waals surface area contributed by atoms with Crippen molar-refractivity contribution in [2.45, 2.75) is 6.61 Å². The Morgan fingerprint density at radius 2 is 2.00 bits per heavy atom. The summed E-state index contributed by atoms with van der Waals surface area (Å²) in [4.78, 5) is 8.35. The molecule has 0 aliphatic rings. The van der Waals surface area contributed by atoms with E-state index in [1.165, 1.54) is 0 Å². The SMILES string of the molecule is O=[P+](O)OCc1ccc(I)cc1. The second-order valence-electron chi connectivity index (χ2n) is 2.14. The lowest BCUT2D eigenvalue weighted by Crippen LogP contribution is -1.84. The molecule has 12 heavy (non-hydrogen) atoms. The lowest BCUT2D eigenvalue weighted by Gasteiger charge is -1.93. The summed E-state index contributed by atoms with van der Waals surface area (Å²) in [6, 6.07) is 7.56. The third-order valence-corrected chi connectivity index (χ3v) is 2.32. The molecular weight excluding hydrogens is 290 g/mol. The van der Waals surface area contributed by atoms with E-state index in [4.69, 9.17) is 4.89 Å². The summed E-state index contributed by atoms with van der Waals surface area (Å²) in [6.45, 7) is 0.183. The molecule has 1 N–H and O–H groups in total. The van der Waals surface area contributed by atoms with Gasteiger partial charge in [0.05, 0.1) is 0 Å². The van der Waals surface area contributed by atoms with Gasteiger partial charge in [0.2, 0.25) is 0 Å². The van der Waals surface area contributed by atoms with Crippen molar-refractivity contribution in [1.82, 2.24) is 0 Å². The van der Waals surface area contributed by atoms with Gasteiger partial charge in [-0.05, 0) is 40.3 Å². The molecule has 1 unspecified atom stereocenters. The van der Waals surface area contributed by atoms with Gasteiger partial charge in [0.15, 0.2) is 0 Å². The molecule has 0 aromatic heterocycles. The predicted octanol–water partition coefficient (Wildman–Crippen LogP) is 2.46. The number of hydrogen-bond acceptors (Lipinski definition) is 2. The Labute approximate surface area is 84.8 Å². The maximum atomic E-state index is 10.2. The summed E-state index contributed by atoms with van der Waals surface area (Å²) in [5, 5.41) is 0. The van der Waals surface area contributed by atoms with Gasteiger partial charge in [-0.15, -0.1) is 9.42 Å². The zero-order valence-corrected chi connectivity index (χ0v) is 9.16. The van der Waals surface area contributed by atoms with E-state index in [-0.39, 0.29) is 6.61 Å². The minimum Gasteiger partial charge on any atom is -0.133 e. The van der Waals surface area contributed by atoms with Crippen LogP contribution in [0.25, 0.3) is 0 Å². The maximum Gasteiger partial charge on any atom is 0.695 e. The van der Waals surface area contributed by atoms with Gasteiger partial charge < -0.3 is 0 Å². The van der Waals surface area contributed by atoms with Crippen molar-refractivity contribution in [3.05, 3.63) is 33.4 Å². The van der Waals surface area contributed by atoms with Gasteiger partial charge >= 0.3 is 8.25 Å². The van der Waals surface area contributed by atoms with Crippen molar-refractivity contribution in [2.24, 2.45) is 0 Å². The van der Waals surface area contributed by atoms with Crippen LogP contribution in [0.2, 0.25) is 0 Å². The second-order valence-corrected chi connectivity index (χ2v) is 4.12. The van der Waals surface area contributed by atoms with Gasteiger partial charge in [0.25, 0.3) is 0 Å². The topological polar surface area (TPSA) is 46.5 Å². The predicted molar refractivity (Wildman–Crippen MR) is 53.8 cm³/mol. The average Bonchev–Trinajstić information content (AvgIpc) is 2.03. The lowest BCUT2D eigenvalue weighted by molar-refractivity contribution is 0.272. The Morgan fingerprint density at radius 3 is 2.50 bits per heavy atom. The van der Waals surface area contributed by atoms with E-state index in [2.05, 4.69) is 27.1 Å². The van der Waals surface area contributed by atoms with E-state index in [1.807, 2.05) is 24.3 Å². The van der Waals surface area contributed by atoms with Crippen LogP contribution in [0.4, 0.5) is 0 Å². The summed E-state index contributed by atoms with van der Waals surface area (Å²) in [7, 11) is -2.48. The Morgan fingerprint density at radius 1 is 1.42 bits per heavy atom. The molecule has 64 valence electrons. The molecule has 0 spiro atoms. The summed E-state index contributed by atoms with van der Waals surface area (Å²) >= 11 is 2.19. The Bertz CT molecular complexity index is 272. The normalized spacial score (nSPS) is 11.3. The van der Waals surface area contributed by atoms with Crippen LogP contribution in [0.5, 0.6) is 0 Å². The third kappa shape index (κ3) is 3.58. The van der Waals surface area contributed by atoms with Crippen LogP contribution in [-0.4, -0.2) is 4.89 Å². The van der Waals surface area contributed by atoms with E-state index in [0.717, 1.165) is 9.13 Å². The van der Waals surface area contributed by atoms with E-state index >= 15 is 0 Å². The van der Waals surface area contributed by atoms with Crippen molar-refractivity contribution in [2.75, 3.05) is 0 Å². The fourth-order valence-corrected chi connectivity index (χ4v) is 1.33. The summed E-state index contributed by atoms with van der Waals surface area (Å²) in [6.07, 6.45) is 0. The van der Waals surface area contributed by atoms with Crippen LogP contribution < -0.4 is 0 Å². The Balaban J connectivity index is 2.53. The van der Waals surface area contributed by atoms with Gasteiger partial charge in [-0.1, -0.05) is 12.1 Å². The molecule has 0 heterocycles. The molecule has 3 nitrogen and oxygen atoms in total. The first kappa shape index (κ1) is 10.1. The zero-order valence-electron chi connectivity index (χ0n) is 6.11. The van der Waals surface area contributed by atoms with Crippen LogP contribution in [0, 0.1) is 3.57 Å². The van der Waals surface area contributed by atoms with Crippen LogP contribution in [-0.2, 0) is 15.7 Å². The Hall–Kier alpha value is -0.0300. The second kappa shape index (κ2) is 4.87. The van der Waals surface area contributed by atoms with Crippen molar-refractivity contribution in [1.29, 1.82) is 0 Å². The van der Waals surface area contributed by atoms with E-state index in [9.17, 15) is 4.57 Å². The first-order valence-electron chi connectivity index (χ1n) is 3.22.